The van der Waals surface area contributed by atoms with Gasteiger partial charge in [0.05, 0.1) is 6.54 Å². The molecule has 0 bridgehead atoms. The zero-order chi connectivity index (χ0) is 21.3. The van der Waals surface area contributed by atoms with Gasteiger partial charge in [0.25, 0.3) is 5.56 Å². The molecule has 0 aliphatic carbocycles. The molecule has 0 aliphatic rings. The lowest BCUT2D eigenvalue weighted by Crippen LogP contribution is -2.37. The molecule has 154 valence electrons. The highest BCUT2D eigenvalue weighted by Crippen LogP contribution is 2.22. The average molecular weight is 424 g/mol. The number of rotatable bonds is 6. The lowest BCUT2D eigenvalue weighted by Gasteiger charge is -2.12. The molecule has 0 fully saturated rings. The highest BCUT2D eigenvalue weighted by Gasteiger charge is 2.19. The smallest absolute Gasteiger partial charge is 0.332 e. The first kappa shape index (κ1) is 20.0. The van der Waals surface area contributed by atoms with Crippen molar-refractivity contribution in [3.8, 4) is 0 Å². The van der Waals surface area contributed by atoms with E-state index >= 15 is 0 Å². The standard InChI is InChI=1S/C22H22ClN5O2/c1-26-19-18(20(29)27(2)22(26)30)28(14-16-10-6-7-11-17(16)23)21(25-19)24-13-12-15-8-4-3-5-9-15/h3-11H,12-14H2,1-2H3,(H,24,25). The minimum atomic E-state index is -0.411. The van der Waals surface area contributed by atoms with Gasteiger partial charge in [-0.3, -0.25) is 18.5 Å². The van der Waals surface area contributed by atoms with Gasteiger partial charge >= 0.3 is 5.69 Å². The number of hydrogen-bond donors (Lipinski definition) is 1. The molecular formula is C22H22ClN5O2. The van der Waals surface area contributed by atoms with E-state index in [1.807, 2.05) is 42.5 Å². The summed E-state index contributed by atoms with van der Waals surface area (Å²) in [6.45, 7) is 0.988. The molecule has 2 aromatic carbocycles. The third-order valence-corrected chi connectivity index (χ3v) is 5.54. The van der Waals surface area contributed by atoms with E-state index in [1.54, 1.807) is 11.6 Å². The molecule has 0 radical (unpaired) electrons. The fourth-order valence-electron chi connectivity index (χ4n) is 3.50. The molecular weight excluding hydrogens is 402 g/mol. The monoisotopic (exact) mass is 423 g/mol. The topological polar surface area (TPSA) is 73.8 Å². The molecule has 0 amide bonds. The second-order valence-electron chi connectivity index (χ2n) is 7.15. The van der Waals surface area contributed by atoms with Crippen LogP contribution in [-0.4, -0.2) is 25.2 Å². The number of nitrogens with one attached hydrogen (secondary N) is 1. The Morgan fingerprint density at radius 1 is 0.967 bits per heavy atom. The van der Waals surface area contributed by atoms with Gasteiger partial charge in [0.2, 0.25) is 5.95 Å². The molecule has 0 atom stereocenters. The summed E-state index contributed by atoms with van der Waals surface area (Å²) in [5.74, 6) is 0.527. The summed E-state index contributed by atoms with van der Waals surface area (Å²) in [5, 5.41) is 3.94. The summed E-state index contributed by atoms with van der Waals surface area (Å²) in [5.41, 5.74) is 1.97. The van der Waals surface area contributed by atoms with Crippen molar-refractivity contribution in [2.24, 2.45) is 14.1 Å². The van der Waals surface area contributed by atoms with Crippen molar-refractivity contribution in [1.82, 2.24) is 18.7 Å². The van der Waals surface area contributed by atoms with Gasteiger partial charge in [-0.2, -0.15) is 4.98 Å². The van der Waals surface area contributed by atoms with Gasteiger partial charge < -0.3 is 5.32 Å². The van der Waals surface area contributed by atoms with E-state index in [-0.39, 0.29) is 5.56 Å². The Balaban J connectivity index is 1.79. The van der Waals surface area contributed by atoms with Crippen LogP contribution in [0.1, 0.15) is 11.1 Å². The van der Waals surface area contributed by atoms with Gasteiger partial charge in [0.1, 0.15) is 0 Å². The number of nitrogens with zero attached hydrogens (tertiary/aromatic N) is 4. The highest BCUT2D eigenvalue weighted by atomic mass is 35.5. The van der Waals surface area contributed by atoms with Crippen LogP contribution in [0.4, 0.5) is 5.95 Å². The van der Waals surface area contributed by atoms with Crippen LogP contribution >= 0.6 is 11.6 Å². The van der Waals surface area contributed by atoms with Crippen molar-refractivity contribution in [2.75, 3.05) is 11.9 Å². The molecule has 0 spiro atoms. The van der Waals surface area contributed by atoms with E-state index < -0.39 is 5.69 Å². The van der Waals surface area contributed by atoms with Crippen LogP contribution in [0, 0.1) is 0 Å². The molecule has 0 saturated carbocycles. The first-order chi connectivity index (χ1) is 14.5. The van der Waals surface area contributed by atoms with Crippen molar-refractivity contribution in [1.29, 1.82) is 0 Å². The molecule has 4 aromatic rings. The van der Waals surface area contributed by atoms with E-state index in [0.717, 1.165) is 16.6 Å². The minimum absolute atomic E-state index is 0.345. The number of benzene rings is 2. The van der Waals surface area contributed by atoms with Crippen LogP contribution in [0.15, 0.2) is 64.2 Å². The van der Waals surface area contributed by atoms with Crippen molar-refractivity contribution in [3.05, 3.63) is 91.6 Å². The Morgan fingerprint density at radius 3 is 2.40 bits per heavy atom. The lowest BCUT2D eigenvalue weighted by molar-refractivity contribution is 0.702. The normalized spacial score (nSPS) is 11.2. The van der Waals surface area contributed by atoms with Gasteiger partial charge in [0, 0.05) is 25.7 Å². The number of fused-ring (bicyclic) bond motifs is 1. The number of aromatic nitrogens is 4. The van der Waals surface area contributed by atoms with Crippen molar-refractivity contribution in [2.45, 2.75) is 13.0 Å². The molecule has 0 saturated heterocycles. The Hall–Kier alpha value is -3.32. The largest absolute Gasteiger partial charge is 0.355 e. The molecule has 1 N–H and O–H groups in total. The average Bonchev–Trinajstić information content (AvgIpc) is 3.11. The maximum Gasteiger partial charge on any atom is 0.332 e. The quantitative estimate of drug-likeness (QED) is 0.517. The Kier molecular flexibility index (Phi) is 5.46. The van der Waals surface area contributed by atoms with Crippen LogP contribution in [0.5, 0.6) is 0 Å². The summed E-state index contributed by atoms with van der Waals surface area (Å²) in [6.07, 6.45) is 0.799. The van der Waals surface area contributed by atoms with E-state index in [9.17, 15) is 9.59 Å². The van der Waals surface area contributed by atoms with E-state index in [4.69, 9.17) is 11.6 Å². The number of aryl methyl sites for hydroxylation is 1. The molecule has 0 aliphatic heterocycles. The maximum atomic E-state index is 12.9. The van der Waals surface area contributed by atoms with Crippen molar-refractivity contribution < 1.29 is 0 Å². The predicted octanol–water partition coefficient (Wildman–Crippen LogP) is 2.79. The zero-order valence-electron chi connectivity index (χ0n) is 16.8. The third-order valence-electron chi connectivity index (χ3n) is 5.17. The Morgan fingerprint density at radius 2 is 1.67 bits per heavy atom. The van der Waals surface area contributed by atoms with E-state index in [1.165, 1.54) is 17.2 Å². The number of halogens is 1. The minimum Gasteiger partial charge on any atom is -0.355 e. The molecule has 2 aromatic heterocycles. The first-order valence-electron chi connectivity index (χ1n) is 9.65. The predicted molar refractivity (Wildman–Crippen MR) is 119 cm³/mol. The summed E-state index contributed by atoms with van der Waals surface area (Å²) >= 11 is 6.36. The summed E-state index contributed by atoms with van der Waals surface area (Å²) in [6, 6.07) is 17.6. The highest BCUT2D eigenvalue weighted by molar-refractivity contribution is 6.31. The Labute approximate surface area is 178 Å². The van der Waals surface area contributed by atoms with Crippen LogP contribution in [0.3, 0.4) is 0 Å². The Bertz CT molecular complexity index is 1320. The molecule has 4 rings (SSSR count). The second-order valence-corrected chi connectivity index (χ2v) is 7.56. The van der Waals surface area contributed by atoms with Gasteiger partial charge in [-0.25, -0.2) is 4.79 Å². The fraction of sp³-hybridized carbons (Fsp3) is 0.227. The summed E-state index contributed by atoms with van der Waals surface area (Å²) in [4.78, 5) is 29.9. The zero-order valence-corrected chi connectivity index (χ0v) is 17.6. The van der Waals surface area contributed by atoms with E-state index in [0.29, 0.717) is 35.2 Å². The van der Waals surface area contributed by atoms with Crippen LogP contribution in [0.2, 0.25) is 5.02 Å². The van der Waals surface area contributed by atoms with Crippen molar-refractivity contribution >= 4 is 28.7 Å². The molecule has 2 heterocycles. The fourth-order valence-corrected chi connectivity index (χ4v) is 3.69. The maximum absolute atomic E-state index is 12.9. The summed E-state index contributed by atoms with van der Waals surface area (Å²) < 4.78 is 4.28. The number of imidazole rings is 1. The molecule has 30 heavy (non-hydrogen) atoms. The first-order valence-corrected chi connectivity index (χ1v) is 10.0. The lowest BCUT2D eigenvalue weighted by atomic mass is 10.1. The molecule has 7 nitrogen and oxygen atoms in total. The van der Waals surface area contributed by atoms with Crippen LogP contribution < -0.4 is 16.6 Å². The number of hydrogen-bond acceptors (Lipinski definition) is 4. The number of anilines is 1. The van der Waals surface area contributed by atoms with Crippen molar-refractivity contribution in [3.63, 3.8) is 0 Å². The van der Waals surface area contributed by atoms with Gasteiger partial charge in [-0.15, -0.1) is 0 Å². The van der Waals surface area contributed by atoms with Crippen LogP contribution in [-0.2, 0) is 27.1 Å². The molecule has 0 unspecified atom stereocenters. The van der Waals surface area contributed by atoms with Gasteiger partial charge in [-0.05, 0) is 23.6 Å². The van der Waals surface area contributed by atoms with Gasteiger partial charge in [-0.1, -0.05) is 60.1 Å². The SMILES string of the molecule is Cn1c(=O)c2c(nc(NCCc3ccccc3)n2Cc2ccccc2Cl)n(C)c1=O. The molecule has 8 heteroatoms. The summed E-state index contributed by atoms with van der Waals surface area (Å²) in [7, 11) is 3.09. The second kappa shape index (κ2) is 8.20. The van der Waals surface area contributed by atoms with Crippen LogP contribution in [0.25, 0.3) is 11.2 Å². The van der Waals surface area contributed by atoms with Gasteiger partial charge in [0.15, 0.2) is 11.2 Å². The third kappa shape index (κ3) is 3.64. The van der Waals surface area contributed by atoms with E-state index in [2.05, 4.69) is 22.4 Å².